The van der Waals surface area contributed by atoms with Crippen molar-refractivity contribution in [2.75, 3.05) is 49.9 Å². The molecule has 6 rings (SSSR count). The van der Waals surface area contributed by atoms with E-state index < -0.39 is 0 Å². The van der Waals surface area contributed by atoms with Crippen LogP contribution < -0.4 is 10.6 Å². The zero-order valence-electron chi connectivity index (χ0n) is 20.0. The number of carbonyl (C=O) groups excluding carboxylic acids is 1. The SMILES string of the molecule is Nc1c(C(=O)N2CCc3cnc(N4CCN(C5CCC5)CC4)nc3CC2)cnn1-c1ccccc1. The molecule has 1 aromatic carbocycles. The van der Waals surface area contributed by atoms with E-state index in [4.69, 9.17) is 15.7 Å². The number of carbonyl (C=O) groups is 1. The average molecular weight is 473 g/mol. The first-order chi connectivity index (χ1) is 17.2. The third-order valence-electron chi connectivity index (χ3n) is 7.72. The Morgan fingerprint density at radius 3 is 2.46 bits per heavy atom. The highest BCUT2D eigenvalue weighted by Crippen LogP contribution is 2.27. The number of hydrogen-bond donors (Lipinski definition) is 1. The van der Waals surface area contributed by atoms with Crippen molar-refractivity contribution in [3.8, 4) is 5.69 Å². The fourth-order valence-corrected chi connectivity index (χ4v) is 5.33. The van der Waals surface area contributed by atoms with E-state index >= 15 is 0 Å². The van der Waals surface area contributed by atoms with Crippen LogP contribution in [0.15, 0.2) is 42.7 Å². The maximum Gasteiger partial charge on any atom is 0.259 e. The van der Waals surface area contributed by atoms with E-state index in [9.17, 15) is 4.79 Å². The molecule has 182 valence electrons. The first-order valence-corrected chi connectivity index (χ1v) is 12.7. The van der Waals surface area contributed by atoms with Crippen molar-refractivity contribution in [2.45, 2.75) is 38.1 Å². The molecule has 4 heterocycles. The molecule has 3 aromatic rings. The summed E-state index contributed by atoms with van der Waals surface area (Å²) in [6.07, 6.45) is 9.07. The number of fused-ring (bicyclic) bond motifs is 1. The number of hydrogen-bond acceptors (Lipinski definition) is 7. The summed E-state index contributed by atoms with van der Waals surface area (Å²) in [4.78, 5) is 29.8. The van der Waals surface area contributed by atoms with E-state index in [0.717, 1.165) is 61.5 Å². The van der Waals surface area contributed by atoms with Gasteiger partial charge in [-0.3, -0.25) is 9.69 Å². The molecule has 0 spiro atoms. The first-order valence-electron chi connectivity index (χ1n) is 12.7. The summed E-state index contributed by atoms with van der Waals surface area (Å²) in [7, 11) is 0. The molecule has 2 aliphatic heterocycles. The molecular weight excluding hydrogens is 440 g/mol. The fraction of sp³-hybridized carbons (Fsp3) is 0.462. The predicted molar refractivity (Wildman–Crippen MR) is 135 cm³/mol. The molecule has 3 aliphatic rings. The van der Waals surface area contributed by atoms with Gasteiger partial charge in [-0.15, -0.1) is 0 Å². The lowest BCUT2D eigenvalue weighted by Crippen LogP contribution is -2.52. The van der Waals surface area contributed by atoms with Crippen LogP contribution in [0.1, 0.15) is 40.9 Å². The lowest BCUT2D eigenvalue weighted by Gasteiger charge is -2.43. The van der Waals surface area contributed by atoms with E-state index in [1.54, 1.807) is 10.9 Å². The molecule has 0 unspecified atom stereocenters. The van der Waals surface area contributed by atoms with Gasteiger partial charge in [0.25, 0.3) is 5.91 Å². The van der Waals surface area contributed by atoms with Crippen LogP contribution in [0, 0.1) is 0 Å². The van der Waals surface area contributed by atoms with Crippen LogP contribution in [0.5, 0.6) is 0 Å². The zero-order chi connectivity index (χ0) is 23.8. The van der Waals surface area contributed by atoms with Gasteiger partial charge in [0.05, 0.1) is 17.6 Å². The Balaban J connectivity index is 1.12. The van der Waals surface area contributed by atoms with E-state index in [0.29, 0.717) is 30.9 Å². The van der Waals surface area contributed by atoms with Crippen LogP contribution >= 0.6 is 0 Å². The second-order valence-corrected chi connectivity index (χ2v) is 9.73. The van der Waals surface area contributed by atoms with E-state index in [1.165, 1.54) is 19.3 Å². The molecule has 0 radical (unpaired) electrons. The summed E-state index contributed by atoms with van der Waals surface area (Å²) in [5.41, 5.74) is 9.79. The van der Waals surface area contributed by atoms with Gasteiger partial charge in [-0.05, 0) is 37.0 Å². The van der Waals surface area contributed by atoms with Gasteiger partial charge < -0.3 is 15.5 Å². The Morgan fingerprint density at radius 1 is 0.943 bits per heavy atom. The van der Waals surface area contributed by atoms with Crippen molar-refractivity contribution in [3.05, 3.63) is 59.5 Å². The second kappa shape index (κ2) is 9.30. The number of para-hydroxylation sites is 1. The first kappa shape index (κ1) is 22.0. The minimum absolute atomic E-state index is 0.0854. The molecule has 1 saturated heterocycles. The van der Waals surface area contributed by atoms with Gasteiger partial charge in [0.15, 0.2) is 0 Å². The Kier molecular flexibility index (Phi) is 5.85. The Morgan fingerprint density at radius 2 is 1.71 bits per heavy atom. The van der Waals surface area contributed by atoms with Crippen LogP contribution in [0.25, 0.3) is 5.69 Å². The van der Waals surface area contributed by atoms with E-state index in [2.05, 4.69) is 14.9 Å². The minimum atomic E-state index is -0.0854. The minimum Gasteiger partial charge on any atom is -0.383 e. The number of nitrogens with two attached hydrogens (primary N) is 1. The third-order valence-corrected chi connectivity index (χ3v) is 7.72. The fourth-order valence-electron chi connectivity index (χ4n) is 5.33. The third kappa shape index (κ3) is 4.25. The molecule has 2 N–H and O–H groups in total. The molecule has 35 heavy (non-hydrogen) atoms. The van der Waals surface area contributed by atoms with Gasteiger partial charge in [-0.25, -0.2) is 14.6 Å². The van der Waals surface area contributed by atoms with Crippen molar-refractivity contribution < 1.29 is 4.79 Å². The number of anilines is 2. The Hall–Kier alpha value is -3.46. The Labute approximate surface area is 205 Å². The quantitative estimate of drug-likeness (QED) is 0.622. The number of piperazine rings is 1. The smallest absolute Gasteiger partial charge is 0.259 e. The van der Waals surface area contributed by atoms with Crippen molar-refractivity contribution >= 4 is 17.7 Å². The highest BCUT2D eigenvalue weighted by Gasteiger charge is 2.29. The normalized spacial score (nSPS) is 19.2. The van der Waals surface area contributed by atoms with E-state index in [1.807, 2.05) is 41.4 Å². The highest BCUT2D eigenvalue weighted by molar-refractivity contribution is 5.98. The summed E-state index contributed by atoms with van der Waals surface area (Å²) in [6, 6.07) is 10.4. The molecule has 0 atom stereocenters. The summed E-state index contributed by atoms with van der Waals surface area (Å²) in [6.45, 7) is 5.35. The van der Waals surface area contributed by atoms with Gasteiger partial charge in [0.1, 0.15) is 11.4 Å². The summed E-state index contributed by atoms with van der Waals surface area (Å²) >= 11 is 0. The van der Waals surface area contributed by atoms with Crippen molar-refractivity contribution in [3.63, 3.8) is 0 Å². The largest absolute Gasteiger partial charge is 0.383 e. The zero-order valence-corrected chi connectivity index (χ0v) is 20.0. The number of benzene rings is 1. The monoisotopic (exact) mass is 472 g/mol. The lowest BCUT2D eigenvalue weighted by molar-refractivity contribution is 0.0764. The Bertz CT molecular complexity index is 1200. The molecular formula is C26H32N8O. The van der Waals surface area contributed by atoms with Gasteiger partial charge >= 0.3 is 0 Å². The van der Waals surface area contributed by atoms with Gasteiger partial charge in [-0.2, -0.15) is 5.10 Å². The van der Waals surface area contributed by atoms with Crippen LogP contribution in [0.4, 0.5) is 11.8 Å². The highest BCUT2D eigenvalue weighted by atomic mass is 16.2. The molecule has 0 bridgehead atoms. The van der Waals surface area contributed by atoms with Crippen LogP contribution in [-0.2, 0) is 12.8 Å². The van der Waals surface area contributed by atoms with Crippen molar-refractivity contribution in [1.29, 1.82) is 0 Å². The number of aromatic nitrogens is 4. The van der Waals surface area contributed by atoms with Gasteiger partial charge in [-0.1, -0.05) is 24.6 Å². The second-order valence-electron chi connectivity index (χ2n) is 9.73. The molecule has 9 nitrogen and oxygen atoms in total. The van der Waals surface area contributed by atoms with Crippen molar-refractivity contribution in [1.82, 2.24) is 29.5 Å². The molecule has 1 saturated carbocycles. The standard InChI is InChI=1S/C26H32N8O/c27-24-22(18-29-34(24)21-5-2-1-3-6-21)25(35)32-11-9-19-17-28-26(30-23(19)10-12-32)33-15-13-31(14-16-33)20-7-4-8-20/h1-3,5-6,17-18,20H,4,7-16,27H2. The molecule has 2 aromatic heterocycles. The van der Waals surface area contributed by atoms with Gasteiger partial charge in [0, 0.05) is 57.9 Å². The maximum atomic E-state index is 13.3. The van der Waals surface area contributed by atoms with E-state index in [-0.39, 0.29) is 5.91 Å². The molecule has 9 heteroatoms. The topological polar surface area (TPSA) is 96.4 Å². The maximum absolute atomic E-state index is 13.3. The average Bonchev–Trinajstić information content (AvgIpc) is 3.11. The molecule has 1 amide bonds. The molecule has 1 aliphatic carbocycles. The summed E-state index contributed by atoms with van der Waals surface area (Å²) < 4.78 is 1.61. The van der Waals surface area contributed by atoms with Crippen LogP contribution in [0.3, 0.4) is 0 Å². The number of nitrogens with zero attached hydrogens (tertiary/aromatic N) is 7. The van der Waals surface area contributed by atoms with Crippen molar-refractivity contribution in [2.24, 2.45) is 0 Å². The van der Waals surface area contributed by atoms with Crippen LogP contribution in [0.2, 0.25) is 0 Å². The molecule has 2 fully saturated rings. The van der Waals surface area contributed by atoms with Gasteiger partial charge in [0.2, 0.25) is 5.95 Å². The lowest BCUT2D eigenvalue weighted by atomic mass is 9.91. The summed E-state index contributed by atoms with van der Waals surface area (Å²) in [5, 5.41) is 4.37. The summed E-state index contributed by atoms with van der Waals surface area (Å²) in [5.74, 6) is 1.11. The van der Waals surface area contributed by atoms with Crippen LogP contribution in [-0.4, -0.2) is 80.8 Å². The number of nitrogen functional groups attached to an aromatic ring is 1. The predicted octanol–water partition coefficient (Wildman–Crippen LogP) is 2.16. The number of amides is 1. The number of rotatable bonds is 4.